The molecule has 1 fully saturated rings. The molecule has 0 spiro atoms. The van der Waals surface area contributed by atoms with Crippen molar-refractivity contribution < 1.29 is 9.47 Å². The molecule has 1 rings (SSSR count). The standard InChI is InChI=1S/C12H25NO2/c1-5-10(2)11(13-3)12(14-4)6-8-15-9-7-12/h10-11,13H,5-9H2,1-4H3. The van der Waals surface area contributed by atoms with Gasteiger partial charge in [-0.3, -0.25) is 0 Å². The third-order valence-electron chi connectivity index (χ3n) is 3.84. The fraction of sp³-hybridized carbons (Fsp3) is 1.00. The lowest BCUT2D eigenvalue weighted by molar-refractivity contribution is -0.118. The van der Waals surface area contributed by atoms with E-state index >= 15 is 0 Å². The van der Waals surface area contributed by atoms with Crippen LogP contribution in [0.4, 0.5) is 0 Å². The maximum Gasteiger partial charge on any atom is 0.0877 e. The van der Waals surface area contributed by atoms with Crippen LogP contribution in [0.5, 0.6) is 0 Å². The van der Waals surface area contributed by atoms with E-state index in [4.69, 9.17) is 9.47 Å². The Morgan fingerprint density at radius 2 is 2.00 bits per heavy atom. The summed E-state index contributed by atoms with van der Waals surface area (Å²) in [5.41, 5.74) is -0.0254. The van der Waals surface area contributed by atoms with Gasteiger partial charge in [0.25, 0.3) is 0 Å². The molecular weight excluding hydrogens is 190 g/mol. The van der Waals surface area contributed by atoms with E-state index in [0.717, 1.165) is 26.1 Å². The second kappa shape index (κ2) is 5.83. The van der Waals surface area contributed by atoms with E-state index in [2.05, 4.69) is 19.2 Å². The highest BCUT2D eigenvalue weighted by molar-refractivity contribution is 4.96. The minimum atomic E-state index is -0.0254. The number of hydrogen-bond donors (Lipinski definition) is 1. The first-order valence-electron chi connectivity index (χ1n) is 6.00. The van der Waals surface area contributed by atoms with Crippen molar-refractivity contribution in [3.8, 4) is 0 Å². The van der Waals surface area contributed by atoms with Crippen LogP contribution in [-0.4, -0.2) is 39.0 Å². The normalized spacial score (nSPS) is 24.8. The molecule has 2 unspecified atom stereocenters. The highest BCUT2D eigenvalue weighted by Gasteiger charge is 2.41. The van der Waals surface area contributed by atoms with Crippen LogP contribution in [0.25, 0.3) is 0 Å². The minimum Gasteiger partial charge on any atom is -0.381 e. The molecule has 0 aliphatic carbocycles. The fourth-order valence-corrected chi connectivity index (χ4v) is 2.66. The van der Waals surface area contributed by atoms with Crippen molar-refractivity contribution in [1.82, 2.24) is 5.32 Å². The Labute approximate surface area is 93.5 Å². The number of likely N-dealkylation sites (N-methyl/N-ethyl adjacent to an activating group) is 1. The van der Waals surface area contributed by atoms with Crippen LogP contribution in [0.1, 0.15) is 33.1 Å². The molecule has 0 radical (unpaired) electrons. The molecule has 90 valence electrons. The third kappa shape index (κ3) is 2.71. The molecule has 1 saturated heterocycles. The molecular formula is C12H25NO2. The largest absolute Gasteiger partial charge is 0.381 e. The van der Waals surface area contributed by atoms with Gasteiger partial charge in [-0.15, -0.1) is 0 Å². The Morgan fingerprint density at radius 3 is 2.40 bits per heavy atom. The van der Waals surface area contributed by atoms with E-state index in [1.165, 1.54) is 6.42 Å². The predicted octanol–water partition coefficient (Wildman–Crippen LogP) is 1.82. The average molecular weight is 215 g/mol. The first kappa shape index (κ1) is 12.9. The Morgan fingerprint density at radius 1 is 1.40 bits per heavy atom. The lowest BCUT2D eigenvalue weighted by Crippen LogP contribution is -2.56. The lowest BCUT2D eigenvalue weighted by atomic mass is 9.79. The summed E-state index contributed by atoms with van der Waals surface area (Å²) in [5, 5.41) is 3.43. The Bertz CT molecular complexity index is 178. The van der Waals surface area contributed by atoms with Gasteiger partial charge < -0.3 is 14.8 Å². The zero-order valence-corrected chi connectivity index (χ0v) is 10.5. The maximum absolute atomic E-state index is 5.81. The molecule has 0 saturated carbocycles. The maximum atomic E-state index is 5.81. The van der Waals surface area contributed by atoms with Crippen molar-refractivity contribution in [3.05, 3.63) is 0 Å². The summed E-state index contributed by atoms with van der Waals surface area (Å²) in [5.74, 6) is 0.632. The van der Waals surface area contributed by atoms with Crippen LogP contribution in [0.15, 0.2) is 0 Å². The van der Waals surface area contributed by atoms with Gasteiger partial charge in [-0.1, -0.05) is 20.3 Å². The lowest BCUT2D eigenvalue weighted by Gasteiger charge is -2.44. The number of rotatable bonds is 5. The number of hydrogen-bond acceptors (Lipinski definition) is 3. The molecule has 1 aliphatic heterocycles. The quantitative estimate of drug-likeness (QED) is 0.759. The molecule has 1 N–H and O–H groups in total. The molecule has 15 heavy (non-hydrogen) atoms. The van der Waals surface area contributed by atoms with Crippen molar-refractivity contribution in [2.75, 3.05) is 27.4 Å². The van der Waals surface area contributed by atoms with E-state index < -0.39 is 0 Å². The van der Waals surface area contributed by atoms with E-state index in [-0.39, 0.29) is 5.60 Å². The number of methoxy groups -OCH3 is 1. The first-order chi connectivity index (χ1) is 7.20. The van der Waals surface area contributed by atoms with Gasteiger partial charge in [0, 0.05) is 39.2 Å². The third-order valence-corrected chi connectivity index (χ3v) is 3.84. The van der Waals surface area contributed by atoms with E-state index in [1.807, 2.05) is 14.2 Å². The molecule has 1 heterocycles. The molecule has 0 amide bonds. The highest BCUT2D eigenvalue weighted by atomic mass is 16.5. The zero-order valence-electron chi connectivity index (χ0n) is 10.5. The summed E-state index contributed by atoms with van der Waals surface area (Å²) >= 11 is 0. The molecule has 2 atom stereocenters. The molecule has 0 aromatic rings. The van der Waals surface area contributed by atoms with Crippen molar-refractivity contribution in [1.29, 1.82) is 0 Å². The van der Waals surface area contributed by atoms with Crippen molar-refractivity contribution in [3.63, 3.8) is 0 Å². The van der Waals surface area contributed by atoms with Crippen molar-refractivity contribution in [2.45, 2.75) is 44.8 Å². The predicted molar refractivity (Wildman–Crippen MR) is 62.1 cm³/mol. The summed E-state index contributed by atoms with van der Waals surface area (Å²) < 4.78 is 11.2. The summed E-state index contributed by atoms with van der Waals surface area (Å²) in [4.78, 5) is 0. The van der Waals surface area contributed by atoms with Crippen LogP contribution in [0, 0.1) is 5.92 Å². The summed E-state index contributed by atoms with van der Waals surface area (Å²) in [6, 6.07) is 0.427. The second-order valence-electron chi connectivity index (χ2n) is 4.53. The van der Waals surface area contributed by atoms with Crippen LogP contribution in [0.3, 0.4) is 0 Å². The second-order valence-corrected chi connectivity index (χ2v) is 4.53. The van der Waals surface area contributed by atoms with Crippen molar-refractivity contribution >= 4 is 0 Å². The molecule has 1 aliphatic rings. The van der Waals surface area contributed by atoms with Crippen molar-refractivity contribution in [2.24, 2.45) is 5.92 Å². The summed E-state index contributed by atoms with van der Waals surface area (Å²) in [6.45, 7) is 6.17. The van der Waals surface area contributed by atoms with E-state index in [9.17, 15) is 0 Å². The van der Waals surface area contributed by atoms with Gasteiger partial charge in [0.1, 0.15) is 0 Å². The first-order valence-corrected chi connectivity index (χ1v) is 6.00. The summed E-state index contributed by atoms with van der Waals surface area (Å²) in [7, 11) is 3.87. The average Bonchev–Trinajstić information content (AvgIpc) is 2.30. The van der Waals surface area contributed by atoms with Gasteiger partial charge >= 0.3 is 0 Å². The molecule has 0 aromatic heterocycles. The van der Waals surface area contributed by atoms with Gasteiger partial charge in [-0.2, -0.15) is 0 Å². The number of nitrogens with one attached hydrogen (secondary N) is 1. The molecule has 3 heteroatoms. The van der Waals surface area contributed by atoms with Crippen LogP contribution in [0.2, 0.25) is 0 Å². The van der Waals surface area contributed by atoms with Crippen LogP contribution >= 0.6 is 0 Å². The van der Waals surface area contributed by atoms with Crippen LogP contribution < -0.4 is 5.32 Å². The monoisotopic (exact) mass is 215 g/mol. The molecule has 3 nitrogen and oxygen atoms in total. The van der Waals surface area contributed by atoms with E-state index in [0.29, 0.717) is 12.0 Å². The van der Waals surface area contributed by atoms with Gasteiger partial charge in [-0.25, -0.2) is 0 Å². The van der Waals surface area contributed by atoms with E-state index in [1.54, 1.807) is 0 Å². The number of ether oxygens (including phenoxy) is 2. The Hall–Kier alpha value is -0.120. The summed E-state index contributed by atoms with van der Waals surface area (Å²) in [6.07, 6.45) is 3.18. The topological polar surface area (TPSA) is 30.5 Å². The molecule has 0 bridgehead atoms. The smallest absolute Gasteiger partial charge is 0.0877 e. The fourth-order valence-electron chi connectivity index (χ4n) is 2.66. The van der Waals surface area contributed by atoms with Crippen LogP contribution in [-0.2, 0) is 9.47 Å². The minimum absolute atomic E-state index is 0.0254. The zero-order chi connectivity index (χ0) is 11.3. The van der Waals surface area contributed by atoms with Gasteiger partial charge in [0.2, 0.25) is 0 Å². The highest BCUT2D eigenvalue weighted by Crippen LogP contribution is 2.32. The van der Waals surface area contributed by atoms with Gasteiger partial charge in [-0.05, 0) is 13.0 Å². The van der Waals surface area contributed by atoms with Gasteiger partial charge in [0.05, 0.1) is 5.60 Å². The Balaban J connectivity index is 2.75. The Kier molecular flexibility index (Phi) is 5.03. The van der Waals surface area contributed by atoms with Gasteiger partial charge in [0.15, 0.2) is 0 Å². The molecule has 0 aromatic carbocycles. The SMILES string of the molecule is CCC(C)C(NC)C1(OC)CCOCC1.